The van der Waals surface area contributed by atoms with Crippen LogP contribution in [0.5, 0.6) is 5.75 Å². The lowest BCUT2D eigenvalue weighted by Crippen LogP contribution is -2.36. The van der Waals surface area contributed by atoms with Gasteiger partial charge < -0.3 is 24.2 Å². The topological polar surface area (TPSA) is 85.3 Å². The van der Waals surface area contributed by atoms with Crippen LogP contribution >= 0.6 is 0 Å². The molecule has 0 spiro atoms. The third-order valence-corrected chi connectivity index (χ3v) is 3.45. The Balaban J connectivity index is 1.96. The predicted octanol–water partition coefficient (Wildman–Crippen LogP) is 1.83. The minimum absolute atomic E-state index is 0.153. The molecule has 1 aromatic carbocycles. The average molecular weight is 337 g/mol. The third kappa shape index (κ3) is 4.61. The van der Waals surface area contributed by atoms with Crippen molar-refractivity contribution in [3.63, 3.8) is 0 Å². The van der Waals surface area contributed by atoms with Gasteiger partial charge in [0.15, 0.2) is 0 Å². The molecule has 1 N–H and O–H groups in total. The maximum atomic E-state index is 12.0. The summed E-state index contributed by atoms with van der Waals surface area (Å²) in [6.45, 7) is 5.74. The number of aliphatic hydroxyl groups excluding tert-OH is 1. The van der Waals surface area contributed by atoms with Crippen LogP contribution in [0.4, 0.5) is 4.79 Å². The first-order valence-corrected chi connectivity index (χ1v) is 7.70. The number of nitrogens with zero attached hydrogens (tertiary/aromatic N) is 1. The first kappa shape index (κ1) is 18.1. The van der Waals surface area contributed by atoms with E-state index in [0.29, 0.717) is 11.3 Å². The maximum absolute atomic E-state index is 12.0. The molecule has 1 saturated heterocycles. The second kappa shape index (κ2) is 7.09. The summed E-state index contributed by atoms with van der Waals surface area (Å²) in [7, 11) is 1.31. The van der Waals surface area contributed by atoms with E-state index in [1.54, 1.807) is 45.0 Å². The van der Waals surface area contributed by atoms with E-state index in [9.17, 15) is 14.7 Å². The van der Waals surface area contributed by atoms with Crippen LogP contribution in [0.1, 0.15) is 31.1 Å². The molecule has 0 saturated carbocycles. The minimum Gasteiger partial charge on any atom is -0.486 e. The van der Waals surface area contributed by atoms with E-state index >= 15 is 0 Å². The molecule has 1 aliphatic heterocycles. The second-order valence-corrected chi connectivity index (χ2v) is 6.62. The van der Waals surface area contributed by atoms with Gasteiger partial charge in [-0.3, -0.25) is 0 Å². The number of ether oxygens (including phenoxy) is 3. The van der Waals surface area contributed by atoms with Crippen LogP contribution in [-0.4, -0.2) is 60.1 Å². The molecule has 7 nitrogen and oxygen atoms in total. The summed E-state index contributed by atoms with van der Waals surface area (Å²) in [5.41, 5.74) is -0.183. The summed E-state index contributed by atoms with van der Waals surface area (Å²) < 4.78 is 15.6. The van der Waals surface area contributed by atoms with Gasteiger partial charge in [-0.25, -0.2) is 9.59 Å². The lowest BCUT2D eigenvalue weighted by molar-refractivity contribution is 0.0268. The predicted molar refractivity (Wildman–Crippen MR) is 86.0 cm³/mol. The Hall–Kier alpha value is -2.28. The fourth-order valence-electron chi connectivity index (χ4n) is 2.31. The summed E-state index contributed by atoms with van der Waals surface area (Å²) in [4.78, 5) is 24.9. The number of benzene rings is 1. The van der Waals surface area contributed by atoms with Gasteiger partial charge in [-0.2, -0.15) is 0 Å². The third-order valence-electron chi connectivity index (χ3n) is 3.45. The van der Waals surface area contributed by atoms with E-state index in [1.807, 2.05) is 0 Å². The van der Waals surface area contributed by atoms with Crippen molar-refractivity contribution in [1.29, 1.82) is 0 Å². The zero-order chi connectivity index (χ0) is 17.9. The summed E-state index contributed by atoms with van der Waals surface area (Å²) in [6.07, 6.45) is -1.84. The molecule has 2 rings (SSSR count). The second-order valence-electron chi connectivity index (χ2n) is 6.62. The summed E-state index contributed by atoms with van der Waals surface area (Å²) >= 11 is 0. The number of β-amino-alcohol motifs (C(OH)–C–C–N with tert-alkyl or cyclic N) is 1. The Morgan fingerprint density at radius 1 is 1.17 bits per heavy atom. The fraction of sp³-hybridized carbons (Fsp3) is 0.529. The molecule has 24 heavy (non-hydrogen) atoms. The van der Waals surface area contributed by atoms with Crippen molar-refractivity contribution in [2.75, 3.05) is 20.2 Å². The van der Waals surface area contributed by atoms with Gasteiger partial charge >= 0.3 is 12.1 Å². The molecule has 2 atom stereocenters. The monoisotopic (exact) mass is 337 g/mol. The molecule has 1 aliphatic rings. The van der Waals surface area contributed by atoms with Gasteiger partial charge in [0.25, 0.3) is 0 Å². The summed E-state index contributed by atoms with van der Waals surface area (Å²) in [6, 6.07) is 6.40. The molecular formula is C17H23NO6. The van der Waals surface area contributed by atoms with Gasteiger partial charge in [-0.1, -0.05) is 0 Å². The van der Waals surface area contributed by atoms with Crippen LogP contribution in [0, 0.1) is 0 Å². The van der Waals surface area contributed by atoms with E-state index in [4.69, 9.17) is 9.47 Å². The van der Waals surface area contributed by atoms with Crippen LogP contribution in [0.3, 0.4) is 0 Å². The Bertz CT molecular complexity index is 592. The largest absolute Gasteiger partial charge is 0.486 e. The molecular weight excluding hydrogens is 314 g/mol. The van der Waals surface area contributed by atoms with Crippen LogP contribution in [0.25, 0.3) is 0 Å². The quantitative estimate of drug-likeness (QED) is 0.847. The lowest BCUT2D eigenvalue weighted by Gasteiger charge is -2.24. The van der Waals surface area contributed by atoms with Gasteiger partial charge in [-0.05, 0) is 45.0 Å². The number of hydrogen-bond donors (Lipinski definition) is 1. The normalized spacial score (nSPS) is 20.6. The number of likely N-dealkylation sites (tertiary alicyclic amines) is 1. The van der Waals surface area contributed by atoms with E-state index in [0.717, 1.165) is 0 Å². The number of carbonyl (C=O) groups excluding carboxylic acids is 2. The summed E-state index contributed by atoms with van der Waals surface area (Å²) in [5.74, 6) is 0.0660. The van der Waals surface area contributed by atoms with Gasteiger partial charge in [0.2, 0.25) is 0 Å². The molecule has 0 aliphatic carbocycles. The molecule has 1 heterocycles. The van der Waals surface area contributed by atoms with Crippen molar-refractivity contribution < 1.29 is 28.9 Å². The highest BCUT2D eigenvalue weighted by molar-refractivity contribution is 5.89. The standard InChI is InChI=1S/C17H23NO6/c1-17(2,3)24-16(21)18-9-13(19)14(10-18)23-12-7-5-11(6-8-12)15(20)22-4/h5-8,13-14,19H,9-10H2,1-4H3/t13-,14+/m1/s1. The molecule has 0 bridgehead atoms. The van der Waals surface area contributed by atoms with E-state index in [-0.39, 0.29) is 13.1 Å². The van der Waals surface area contributed by atoms with Gasteiger partial charge in [0.05, 0.1) is 25.8 Å². The number of aliphatic hydroxyl groups is 1. The number of hydrogen-bond acceptors (Lipinski definition) is 6. The lowest BCUT2D eigenvalue weighted by atomic mass is 10.2. The molecule has 7 heteroatoms. The molecule has 0 unspecified atom stereocenters. The van der Waals surface area contributed by atoms with Crippen LogP contribution < -0.4 is 4.74 Å². The van der Waals surface area contributed by atoms with E-state index in [1.165, 1.54) is 12.0 Å². The first-order valence-electron chi connectivity index (χ1n) is 7.70. The van der Waals surface area contributed by atoms with Gasteiger partial charge in [-0.15, -0.1) is 0 Å². The molecule has 0 radical (unpaired) electrons. The summed E-state index contributed by atoms with van der Waals surface area (Å²) in [5, 5.41) is 10.1. The smallest absolute Gasteiger partial charge is 0.410 e. The van der Waals surface area contributed by atoms with Crippen molar-refractivity contribution in [1.82, 2.24) is 4.90 Å². The maximum Gasteiger partial charge on any atom is 0.410 e. The first-order chi connectivity index (χ1) is 11.2. The number of methoxy groups -OCH3 is 1. The SMILES string of the molecule is COC(=O)c1ccc(O[C@H]2CN(C(=O)OC(C)(C)C)C[C@H]2O)cc1. The number of rotatable bonds is 3. The average Bonchev–Trinajstić information content (AvgIpc) is 2.87. The van der Waals surface area contributed by atoms with Crippen molar-refractivity contribution >= 4 is 12.1 Å². The Morgan fingerprint density at radius 3 is 2.33 bits per heavy atom. The zero-order valence-corrected chi connectivity index (χ0v) is 14.3. The van der Waals surface area contributed by atoms with Crippen LogP contribution in [-0.2, 0) is 9.47 Å². The van der Waals surface area contributed by atoms with Gasteiger partial charge in [0.1, 0.15) is 23.6 Å². The Morgan fingerprint density at radius 2 is 1.79 bits per heavy atom. The van der Waals surface area contributed by atoms with Crippen molar-refractivity contribution in [3.8, 4) is 5.75 Å². The van der Waals surface area contributed by atoms with Gasteiger partial charge in [0, 0.05) is 0 Å². The van der Waals surface area contributed by atoms with Crippen LogP contribution in [0.15, 0.2) is 24.3 Å². The number of esters is 1. The van der Waals surface area contributed by atoms with E-state index < -0.39 is 29.9 Å². The minimum atomic E-state index is -0.808. The van der Waals surface area contributed by atoms with Crippen molar-refractivity contribution in [3.05, 3.63) is 29.8 Å². The number of carbonyl (C=O) groups is 2. The highest BCUT2D eigenvalue weighted by Gasteiger charge is 2.37. The highest BCUT2D eigenvalue weighted by atomic mass is 16.6. The fourth-order valence-corrected chi connectivity index (χ4v) is 2.31. The Kier molecular flexibility index (Phi) is 5.33. The van der Waals surface area contributed by atoms with Crippen LogP contribution in [0.2, 0.25) is 0 Å². The van der Waals surface area contributed by atoms with Crippen molar-refractivity contribution in [2.24, 2.45) is 0 Å². The zero-order valence-electron chi connectivity index (χ0n) is 14.3. The molecule has 1 fully saturated rings. The molecule has 132 valence electrons. The highest BCUT2D eigenvalue weighted by Crippen LogP contribution is 2.21. The molecule has 0 aromatic heterocycles. The molecule has 1 aromatic rings. The Labute approximate surface area is 141 Å². The van der Waals surface area contributed by atoms with Crippen molar-refractivity contribution in [2.45, 2.75) is 38.6 Å². The van der Waals surface area contributed by atoms with E-state index in [2.05, 4.69) is 4.74 Å². The number of amides is 1. The molecule has 1 amide bonds.